The molecule has 0 atom stereocenters. The van der Waals surface area contributed by atoms with Crippen molar-refractivity contribution in [3.63, 3.8) is 0 Å². The normalized spacial score (nSPS) is 12.5. The van der Waals surface area contributed by atoms with E-state index >= 15 is 0 Å². The molecule has 0 saturated carbocycles. The number of nitrogens with one attached hydrogen (secondary N) is 1. The Balaban J connectivity index is 1.92. The number of amides is 3. The number of rotatable bonds is 3. The number of ether oxygens (including phenoxy) is 1. The smallest absolute Gasteiger partial charge is 0.435 e. The van der Waals surface area contributed by atoms with Gasteiger partial charge in [0.05, 0.1) is 25.4 Å². The summed E-state index contributed by atoms with van der Waals surface area (Å²) in [6.45, 7) is 2.34. The van der Waals surface area contributed by atoms with Crippen LogP contribution in [0.2, 0.25) is 0 Å². The number of benzene rings is 1. The summed E-state index contributed by atoms with van der Waals surface area (Å²) in [4.78, 5) is 40.0. The van der Waals surface area contributed by atoms with Crippen molar-refractivity contribution >= 4 is 23.8 Å². The Morgan fingerprint density at radius 3 is 2.52 bits per heavy atom. The van der Waals surface area contributed by atoms with Crippen LogP contribution in [0.25, 0.3) is 0 Å². The highest BCUT2D eigenvalue weighted by atomic mass is 16.6. The van der Waals surface area contributed by atoms with Crippen LogP contribution in [-0.2, 0) is 17.8 Å². The first-order valence-corrected chi connectivity index (χ1v) is 8.52. The second-order valence-corrected chi connectivity index (χ2v) is 6.24. The molecule has 1 aromatic heterocycles. The molecule has 9 heteroatoms. The van der Waals surface area contributed by atoms with Gasteiger partial charge in [0.2, 0.25) is 0 Å². The number of hydrogen-bond acceptors (Lipinski definition) is 5. The van der Waals surface area contributed by atoms with Gasteiger partial charge in [0.15, 0.2) is 5.82 Å². The van der Waals surface area contributed by atoms with Gasteiger partial charge in [-0.15, -0.1) is 5.10 Å². The van der Waals surface area contributed by atoms with E-state index in [1.807, 2.05) is 6.07 Å². The first-order valence-electron chi connectivity index (χ1n) is 8.52. The summed E-state index contributed by atoms with van der Waals surface area (Å²) in [5, 5.41) is 6.95. The minimum absolute atomic E-state index is 0.193. The van der Waals surface area contributed by atoms with Crippen molar-refractivity contribution in [2.24, 2.45) is 0 Å². The van der Waals surface area contributed by atoms with Crippen molar-refractivity contribution in [3.8, 4) is 0 Å². The van der Waals surface area contributed by atoms with E-state index in [-0.39, 0.29) is 37.5 Å². The van der Waals surface area contributed by atoms with Crippen molar-refractivity contribution in [2.45, 2.75) is 20.0 Å². The Bertz CT molecular complexity index is 875. The molecule has 2 aromatic rings. The number of carbonyl (C=O) groups is 3. The molecule has 0 unspecified atom stereocenters. The minimum Gasteiger partial charge on any atom is -0.448 e. The highest BCUT2D eigenvalue weighted by Crippen LogP contribution is 2.30. The lowest BCUT2D eigenvalue weighted by molar-refractivity contribution is 0.102. The van der Waals surface area contributed by atoms with Crippen molar-refractivity contribution in [3.05, 3.63) is 47.2 Å². The molecule has 1 aliphatic heterocycles. The van der Waals surface area contributed by atoms with Gasteiger partial charge >= 0.3 is 12.1 Å². The fourth-order valence-corrected chi connectivity index (χ4v) is 2.86. The van der Waals surface area contributed by atoms with Gasteiger partial charge < -0.3 is 19.9 Å². The molecular weight excluding hydrogens is 350 g/mol. The monoisotopic (exact) mass is 371 g/mol. The number of hydrogen-bond donors (Lipinski definition) is 1. The molecule has 0 spiro atoms. The number of carbonyl (C=O) groups excluding carboxylic acids is 3. The quantitative estimate of drug-likeness (QED) is 0.892. The van der Waals surface area contributed by atoms with E-state index in [1.165, 1.54) is 4.90 Å². The molecule has 3 rings (SSSR count). The fourth-order valence-electron chi connectivity index (χ4n) is 2.86. The zero-order valence-corrected chi connectivity index (χ0v) is 15.4. The van der Waals surface area contributed by atoms with Crippen LogP contribution >= 0.6 is 0 Å². The van der Waals surface area contributed by atoms with E-state index in [0.717, 1.165) is 4.68 Å². The van der Waals surface area contributed by atoms with Crippen molar-refractivity contribution < 1.29 is 19.1 Å². The Labute approximate surface area is 156 Å². The first-order chi connectivity index (χ1) is 12.9. The summed E-state index contributed by atoms with van der Waals surface area (Å²) < 4.78 is 6.15. The average molecular weight is 371 g/mol. The van der Waals surface area contributed by atoms with Gasteiger partial charge in [-0.1, -0.05) is 18.2 Å². The summed E-state index contributed by atoms with van der Waals surface area (Å²) in [7, 11) is 3.31. The number of anilines is 1. The van der Waals surface area contributed by atoms with Crippen LogP contribution < -0.4 is 5.32 Å². The van der Waals surface area contributed by atoms with Crippen LogP contribution in [0.5, 0.6) is 0 Å². The van der Waals surface area contributed by atoms with E-state index in [4.69, 9.17) is 4.74 Å². The second-order valence-electron chi connectivity index (χ2n) is 6.24. The Morgan fingerprint density at radius 1 is 1.19 bits per heavy atom. The number of urea groups is 1. The van der Waals surface area contributed by atoms with E-state index < -0.39 is 6.09 Å². The van der Waals surface area contributed by atoms with Crippen molar-refractivity contribution in [1.82, 2.24) is 19.6 Å². The molecule has 0 aliphatic carbocycles. The summed E-state index contributed by atoms with van der Waals surface area (Å²) in [5.41, 5.74) is 1.63. The van der Waals surface area contributed by atoms with Crippen LogP contribution in [0.15, 0.2) is 30.3 Å². The summed E-state index contributed by atoms with van der Waals surface area (Å²) >= 11 is 0. The van der Waals surface area contributed by atoms with Crippen LogP contribution in [0, 0.1) is 0 Å². The van der Waals surface area contributed by atoms with Crippen LogP contribution in [0.3, 0.4) is 0 Å². The zero-order chi connectivity index (χ0) is 19.6. The third-order valence-corrected chi connectivity index (χ3v) is 4.14. The van der Waals surface area contributed by atoms with Gasteiger partial charge in [-0.25, -0.2) is 9.59 Å². The Kier molecular flexibility index (Phi) is 5.11. The lowest BCUT2D eigenvalue weighted by atomic mass is 10.2. The van der Waals surface area contributed by atoms with E-state index in [9.17, 15) is 14.4 Å². The van der Waals surface area contributed by atoms with Crippen LogP contribution in [0.4, 0.5) is 15.4 Å². The third kappa shape index (κ3) is 3.62. The Morgan fingerprint density at radius 2 is 1.89 bits per heavy atom. The maximum atomic E-state index is 12.5. The summed E-state index contributed by atoms with van der Waals surface area (Å²) in [6.07, 6.45) is -0.645. The maximum Gasteiger partial charge on any atom is 0.435 e. The summed E-state index contributed by atoms with van der Waals surface area (Å²) in [6, 6.07) is 8.50. The fraction of sp³-hybridized carbons (Fsp3) is 0.333. The molecule has 1 N–H and O–H groups in total. The van der Waals surface area contributed by atoms with E-state index in [2.05, 4.69) is 10.4 Å². The summed E-state index contributed by atoms with van der Waals surface area (Å²) in [5.74, 6) is -0.0924. The van der Waals surface area contributed by atoms with E-state index in [0.29, 0.717) is 16.8 Å². The molecule has 2 heterocycles. The van der Waals surface area contributed by atoms with Gasteiger partial charge in [-0.05, 0) is 19.1 Å². The molecule has 142 valence electrons. The molecule has 0 saturated heterocycles. The molecule has 9 nitrogen and oxygen atoms in total. The number of fused-ring (bicyclic) bond motifs is 1. The third-order valence-electron chi connectivity index (χ3n) is 4.14. The molecule has 0 fully saturated rings. The number of nitrogens with zero attached hydrogens (tertiary/aromatic N) is 4. The Hall–Kier alpha value is -3.36. The molecule has 0 radical (unpaired) electrons. The molecule has 1 aromatic carbocycles. The average Bonchev–Trinajstić information content (AvgIpc) is 3.22. The predicted octanol–water partition coefficient (Wildman–Crippen LogP) is 2.14. The zero-order valence-electron chi connectivity index (χ0n) is 15.4. The second kappa shape index (κ2) is 7.48. The topological polar surface area (TPSA) is 96.8 Å². The largest absolute Gasteiger partial charge is 0.448 e. The standard InChI is InChI=1S/C18H21N5O4/c1-4-27-18(26)23-14-11-22(17(25)21(2)3)10-13(14)15(20-23)19-16(24)12-8-6-5-7-9-12/h5-9H,4,10-11H2,1-3H3,(H,19,20,24). The SMILES string of the molecule is CCOC(=O)n1nc(NC(=O)c2ccccc2)c2c1CN(C(=O)N(C)C)C2. The van der Waals surface area contributed by atoms with Gasteiger partial charge in [0, 0.05) is 25.2 Å². The van der Waals surface area contributed by atoms with Crippen LogP contribution in [-0.4, -0.2) is 58.3 Å². The van der Waals surface area contributed by atoms with Gasteiger partial charge in [-0.3, -0.25) is 4.79 Å². The molecule has 1 aliphatic rings. The lowest BCUT2D eigenvalue weighted by Gasteiger charge is -2.21. The van der Waals surface area contributed by atoms with Crippen LogP contribution in [0.1, 0.15) is 28.5 Å². The minimum atomic E-state index is -0.645. The van der Waals surface area contributed by atoms with Gasteiger partial charge in [-0.2, -0.15) is 4.68 Å². The van der Waals surface area contributed by atoms with Crippen molar-refractivity contribution in [2.75, 3.05) is 26.0 Å². The van der Waals surface area contributed by atoms with E-state index in [1.54, 1.807) is 50.2 Å². The highest BCUT2D eigenvalue weighted by Gasteiger charge is 2.34. The highest BCUT2D eigenvalue weighted by molar-refractivity contribution is 6.04. The van der Waals surface area contributed by atoms with Crippen molar-refractivity contribution in [1.29, 1.82) is 0 Å². The maximum absolute atomic E-state index is 12.5. The first kappa shape index (κ1) is 18.4. The molecule has 3 amide bonds. The predicted molar refractivity (Wildman–Crippen MR) is 97.4 cm³/mol. The van der Waals surface area contributed by atoms with Gasteiger partial charge in [0.1, 0.15) is 0 Å². The molecule has 0 bridgehead atoms. The van der Waals surface area contributed by atoms with Gasteiger partial charge in [0.25, 0.3) is 5.91 Å². The molecular formula is C18H21N5O4. The molecule has 27 heavy (non-hydrogen) atoms. The number of aromatic nitrogens is 2. The lowest BCUT2D eigenvalue weighted by Crippen LogP contribution is -2.36.